The van der Waals surface area contributed by atoms with Crippen LogP contribution in [0.2, 0.25) is 0 Å². The van der Waals surface area contributed by atoms with Crippen LogP contribution in [0.15, 0.2) is 51.8 Å². The molecule has 1 aromatic rings. The standard InChI is InChI=1S/C28H38N4O3/c1-6-13-34-19-9-7-18(8-10-19)23-24(30-5)22(29)21-20(14-31-23)28(21)15-27(16-28)11-12-32(17-27)25(33)35-26(2,3)4/h7-10,30H,6,11-17,29H2,1-5H3. The van der Waals surface area contributed by atoms with E-state index in [1.807, 2.05) is 44.9 Å². The lowest BCUT2D eigenvalue weighted by Crippen LogP contribution is -2.45. The molecule has 35 heavy (non-hydrogen) atoms. The summed E-state index contributed by atoms with van der Waals surface area (Å²) in [5.74, 6) is 0.870. The first-order valence-corrected chi connectivity index (χ1v) is 12.8. The van der Waals surface area contributed by atoms with Gasteiger partial charge in [0, 0.05) is 31.1 Å². The average molecular weight is 479 g/mol. The molecule has 2 heterocycles. The molecular weight excluding hydrogens is 440 g/mol. The Bertz CT molecular complexity index is 1120. The van der Waals surface area contributed by atoms with E-state index in [2.05, 4.69) is 24.4 Å². The third-order valence-electron chi connectivity index (χ3n) is 7.76. The van der Waals surface area contributed by atoms with Crippen molar-refractivity contribution in [1.29, 1.82) is 0 Å². The van der Waals surface area contributed by atoms with E-state index >= 15 is 0 Å². The van der Waals surface area contributed by atoms with Crippen molar-refractivity contribution in [3.63, 3.8) is 0 Å². The fourth-order valence-corrected chi connectivity index (χ4v) is 6.30. The van der Waals surface area contributed by atoms with Gasteiger partial charge in [0.15, 0.2) is 0 Å². The number of fused-ring (bicyclic) bond motifs is 2. The van der Waals surface area contributed by atoms with E-state index in [9.17, 15) is 4.79 Å². The lowest BCUT2D eigenvalue weighted by molar-refractivity contribution is 0.0162. The number of rotatable bonds is 5. The number of hydrogen-bond donors (Lipinski definition) is 2. The van der Waals surface area contributed by atoms with Gasteiger partial charge in [0.2, 0.25) is 0 Å². The van der Waals surface area contributed by atoms with E-state index in [1.165, 1.54) is 11.1 Å². The molecule has 1 amide bonds. The largest absolute Gasteiger partial charge is 0.494 e. The predicted octanol–water partition coefficient (Wildman–Crippen LogP) is 4.39. The van der Waals surface area contributed by atoms with Crippen molar-refractivity contribution < 1.29 is 14.3 Å². The van der Waals surface area contributed by atoms with Crippen molar-refractivity contribution in [2.24, 2.45) is 21.6 Å². The van der Waals surface area contributed by atoms with Gasteiger partial charge in [-0.05, 0) is 87.3 Å². The third kappa shape index (κ3) is 4.09. The maximum atomic E-state index is 12.6. The van der Waals surface area contributed by atoms with Crippen molar-refractivity contribution in [2.45, 2.75) is 59.0 Å². The highest BCUT2D eigenvalue weighted by atomic mass is 16.6. The first-order valence-electron chi connectivity index (χ1n) is 12.8. The minimum atomic E-state index is -0.468. The minimum absolute atomic E-state index is 0.0724. The lowest BCUT2D eigenvalue weighted by Gasteiger charge is -2.48. The van der Waals surface area contributed by atoms with Gasteiger partial charge in [0.1, 0.15) is 11.4 Å². The Kier molecular flexibility index (Phi) is 5.65. The van der Waals surface area contributed by atoms with Gasteiger partial charge < -0.3 is 25.4 Å². The van der Waals surface area contributed by atoms with Crippen LogP contribution in [0.3, 0.4) is 0 Å². The maximum absolute atomic E-state index is 12.6. The van der Waals surface area contributed by atoms with Crippen LogP contribution in [0.1, 0.15) is 58.9 Å². The molecule has 0 atom stereocenters. The molecule has 7 heteroatoms. The number of amides is 1. The molecule has 0 aromatic heterocycles. The molecule has 4 aliphatic rings. The molecule has 2 spiro atoms. The number of ether oxygens (including phenoxy) is 2. The third-order valence-corrected chi connectivity index (χ3v) is 7.76. The molecule has 0 unspecified atom stereocenters. The van der Waals surface area contributed by atoms with E-state index in [0.29, 0.717) is 13.2 Å². The summed E-state index contributed by atoms with van der Waals surface area (Å²) in [7, 11) is 1.91. The number of aliphatic imine (C=N–C) groups is 1. The van der Waals surface area contributed by atoms with Crippen LogP contribution in [-0.2, 0) is 4.74 Å². The van der Waals surface area contributed by atoms with Crippen molar-refractivity contribution in [3.8, 4) is 5.75 Å². The highest BCUT2D eigenvalue weighted by Crippen LogP contribution is 2.75. The summed E-state index contributed by atoms with van der Waals surface area (Å²) in [6.07, 6.45) is 3.92. The molecule has 2 aliphatic heterocycles. The normalized spacial score (nSPS) is 27.5. The van der Waals surface area contributed by atoms with Gasteiger partial charge in [-0.2, -0.15) is 0 Å². The van der Waals surface area contributed by atoms with Gasteiger partial charge in [-0.25, -0.2) is 4.79 Å². The van der Waals surface area contributed by atoms with E-state index in [1.54, 1.807) is 0 Å². The van der Waals surface area contributed by atoms with Crippen molar-refractivity contribution in [2.75, 3.05) is 33.3 Å². The highest BCUT2D eigenvalue weighted by Gasteiger charge is 2.68. The molecule has 3 N–H and O–H groups in total. The van der Waals surface area contributed by atoms with Gasteiger partial charge in [0.25, 0.3) is 0 Å². The summed E-state index contributed by atoms with van der Waals surface area (Å²) in [4.78, 5) is 19.5. The summed E-state index contributed by atoms with van der Waals surface area (Å²) in [5, 5.41) is 3.33. The molecule has 1 saturated carbocycles. The fourth-order valence-electron chi connectivity index (χ4n) is 6.30. The summed E-state index contributed by atoms with van der Waals surface area (Å²) < 4.78 is 11.3. The number of nitrogens with one attached hydrogen (secondary N) is 1. The molecule has 0 radical (unpaired) electrons. The molecule has 1 aromatic carbocycles. The molecule has 5 rings (SSSR count). The Balaban J connectivity index is 1.28. The second-order valence-electron chi connectivity index (χ2n) is 11.5. The van der Waals surface area contributed by atoms with Crippen molar-refractivity contribution in [3.05, 3.63) is 52.4 Å². The van der Waals surface area contributed by atoms with E-state index in [4.69, 9.17) is 20.2 Å². The Hall–Kier alpha value is -2.96. The molecule has 0 bridgehead atoms. The fraction of sp³-hybridized carbons (Fsp3) is 0.571. The number of nitrogens with zero attached hydrogens (tertiary/aromatic N) is 2. The minimum Gasteiger partial charge on any atom is -0.494 e. The Morgan fingerprint density at radius 2 is 1.94 bits per heavy atom. The van der Waals surface area contributed by atoms with Crippen molar-refractivity contribution >= 4 is 11.8 Å². The van der Waals surface area contributed by atoms with Gasteiger partial charge in [0.05, 0.1) is 30.3 Å². The lowest BCUT2D eigenvalue weighted by atomic mass is 9.55. The highest BCUT2D eigenvalue weighted by molar-refractivity contribution is 6.13. The predicted molar refractivity (Wildman–Crippen MR) is 137 cm³/mol. The summed E-state index contributed by atoms with van der Waals surface area (Å²) in [6.45, 7) is 10.8. The van der Waals surface area contributed by atoms with E-state index < -0.39 is 5.60 Å². The maximum Gasteiger partial charge on any atom is 0.410 e. The number of carbonyl (C=O) groups is 1. The summed E-state index contributed by atoms with van der Waals surface area (Å²) in [6, 6.07) is 8.10. The zero-order valence-electron chi connectivity index (χ0n) is 21.7. The Morgan fingerprint density at radius 1 is 1.23 bits per heavy atom. The van der Waals surface area contributed by atoms with Crippen LogP contribution >= 0.6 is 0 Å². The Morgan fingerprint density at radius 3 is 2.57 bits per heavy atom. The number of nitrogens with two attached hydrogens (primary N) is 1. The van der Waals surface area contributed by atoms with Crippen molar-refractivity contribution in [1.82, 2.24) is 10.2 Å². The number of hydrogen-bond acceptors (Lipinski definition) is 6. The number of carbonyl (C=O) groups excluding carboxylic acids is 1. The van der Waals surface area contributed by atoms with Gasteiger partial charge in [-0.3, -0.25) is 4.99 Å². The molecule has 7 nitrogen and oxygen atoms in total. The molecule has 188 valence electrons. The van der Waals surface area contributed by atoms with Crippen LogP contribution in [0.4, 0.5) is 4.79 Å². The van der Waals surface area contributed by atoms with Crippen LogP contribution in [0.25, 0.3) is 0 Å². The number of likely N-dealkylation sites (N-methyl/N-ethyl adjacent to an activating group) is 1. The second kappa shape index (κ2) is 8.32. The topological polar surface area (TPSA) is 89.2 Å². The van der Waals surface area contributed by atoms with E-state index in [0.717, 1.165) is 67.2 Å². The second-order valence-corrected chi connectivity index (χ2v) is 11.5. The molecule has 1 saturated heterocycles. The first-order chi connectivity index (χ1) is 16.6. The number of allylic oxidation sites excluding steroid dienone is 2. The quantitative estimate of drug-likeness (QED) is 0.655. The van der Waals surface area contributed by atoms with Crippen LogP contribution < -0.4 is 15.8 Å². The number of benzene rings is 1. The summed E-state index contributed by atoms with van der Waals surface area (Å²) in [5.41, 5.74) is 12.9. The van der Waals surface area contributed by atoms with Gasteiger partial charge in [-0.1, -0.05) is 6.92 Å². The summed E-state index contributed by atoms with van der Waals surface area (Å²) >= 11 is 0. The zero-order valence-corrected chi connectivity index (χ0v) is 21.7. The smallest absolute Gasteiger partial charge is 0.410 e. The van der Waals surface area contributed by atoms with Crippen LogP contribution in [-0.4, -0.2) is 55.6 Å². The van der Waals surface area contributed by atoms with E-state index in [-0.39, 0.29) is 16.9 Å². The Labute approximate surface area is 208 Å². The molecule has 2 fully saturated rings. The average Bonchev–Trinajstić information content (AvgIpc) is 3.25. The SMILES string of the molecule is CCCOc1ccc(C2=NCC3=C(C(N)=C2NC)C32CC3(CCN(C(=O)OC(C)(C)C)C3)C2)cc1. The molecule has 2 aliphatic carbocycles. The molecular formula is C28H38N4O3. The monoisotopic (exact) mass is 478 g/mol. The number of likely N-dealkylation sites (tertiary alicyclic amines) is 1. The first kappa shape index (κ1) is 23.8. The van der Waals surface area contributed by atoms with Crippen LogP contribution in [0, 0.1) is 10.8 Å². The van der Waals surface area contributed by atoms with Crippen LogP contribution in [0.5, 0.6) is 5.75 Å². The van der Waals surface area contributed by atoms with Gasteiger partial charge >= 0.3 is 6.09 Å². The zero-order chi connectivity index (χ0) is 25.0. The van der Waals surface area contributed by atoms with Gasteiger partial charge in [-0.15, -0.1) is 0 Å².